The second kappa shape index (κ2) is 5.61. The van der Waals surface area contributed by atoms with Crippen molar-refractivity contribution in [2.24, 2.45) is 0 Å². The largest absolute Gasteiger partial charge is 0.334 e. The van der Waals surface area contributed by atoms with Crippen LogP contribution in [0, 0.1) is 0 Å². The molecule has 0 bridgehead atoms. The highest BCUT2D eigenvalue weighted by atomic mass is 35.5. The van der Waals surface area contributed by atoms with Crippen LogP contribution in [-0.4, -0.2) is 11.6 Å². The number of nitrogens with one attached hydrogen (secondary N) is 2. The molecule has 1 rings (SSSR count). The zero-order valence-electron chi connectivity index (χ0n) is 10.1. The molecular formula is C12H16Cl2N2O. The molecule has 0 aliphatic carbocycles. The Labute approximate surface area is 111 Å². The standard InChI is InChI=1S/C12H16Cl2N2O/c1-12(2,3)16-11(17)15-7-8-4-5-9(13)10(14)6-8/h4-6H,7H2,1-3H3,(H2,15,16,17). The molecule has 0 fully saturated rings. The fourth-order valence-electron chi connectivity index (χ4n) is 1.22. The SMILES string of the molecule is CC(C)(C)NC(=O)NCc1ccc(Cl)c(Cl)c1. The van der Waals surface area contributed by atoms with Crippen molar-refractivity contribution in [3.63, 3.8) is 0 Å². The number of hydrogen-bond acceptors (Lipinski definition) is 1. The van der Waals surface area contributed by atoms with Crippen LogP contribution in [0.5, 0.6) is 0 Å². The molecule has 0 radical (unpaired) electrons. The van der Waals surface area contributed by atoms with E-state index >= 15 is 0 Å². The Morgan fingerprint density at radius 1 is 1.24 bits per heavy atom. The molecule has 0 heterocycles. The van der Waals surface area contributed by atoms with Crippen molar-refractivity contribution in [1.82, 2.24) is 10.6 Å². The van der Waals surface area contributed by atoms with Crippen LogP contribution in [0.3, 0.4) is 0 Å². The molecule has 1 aromatic carbocycles. The van der Waals surface area contributed by atoms with Crippen molar-refractivity contribution in [2.45, 2.75) is 32.9 Å². The minimum Gasteiger partial charge on any atom is -0.334 e. The van der Waals surface area contributed by atoms with Crippen LogP contribution in [-0.2, 0) is 6.54 Å². The molecule has 0 unspecified atom stereocenters. The maximum Gasteiger partial charge on any atom is 0.315 e. The molecule has 0 saturated carbocycles. The van der Waals surface area contributed by atoms with Crippen LogP contribution in [0.4, 0.5) is 4.79 Å². The molecule has 0 atom stereocenters. The Balaban J connectivity index is 2.50. The number of carbonyl (C=O) groups is 1. The average molecular weight is 275 g/mol. The summed E-state index contributed by atoms with van der Waals surface area (Å²) < 4.78 is 0. The van der Waals surface area contributed by atoms with Gasteiger partial charge in [0.1, 0.15) is 0 Å². The average Bonchev–Trinajstić information content (AvgIpc) is 2.17. The first-order valence-electron chi connectivity index (χ1n) is 5.28. The molecule has 3 nitrogen and oxygen atoms in total. The fraction of sp³-hybridized carbons (Fsp3) is 0.417. The van der Waals surface area contributed by atoms with E-state index in [9.17, 15) is 4.79 Å². The molecule has 94 valence electrons. The fourth-order valence-corrected chi connectivity index (χ4v) is 1.54. The van der Waals surface area contributed by atoms with Gasteiger partial charge >= 0.3 is 6.03 Å². The van der Waals surface area contributed by atoms with Gasteiger partial charge in [0.25, 0.3) is 0 Å². The minimum absolute atomic E-state index is 0.205. The number of urea groups is 1. The Bertz CT molecular complexity index is 413. The first-order chi connectivity index (χ1) is 7.78. The lowest BCUT2D eigenvalue weighted by molar-refractivity contribution is 0.231. The molecular weight excluding hydrogens is 259 g/mol. The van der Waals surface area contributed by atoms with Gasteiger partial charge in [0.2, 0.25) is 0 Å². The van der Waals surface area contributed by atoms with Gasteiger partial charge in [-0.3, -0.25) is 0 Å². The molecule has 0 aliphatic heterocycles. The summed E-state index contributed by atoms with van der Waals surface area (Å²) in [7, 11) is 0. The van der Waals surface area contributed by atoms with Crippen molar-refractivity contribution < 1.29 is 4.79 Å². The van der Waals surface area contributed by atoms with E-state index in [2.05, 4.69) is 10.6 Å². The Morgan fingerprint density at radius 2 is 1.88 bits per heavy atom. The van der Waals surface area contributed by atoms with E-state index in [-0.39, 0.29) is 11.6 Å². The highest BCUT2D eigenvalue weighted by Crippen LogP contribution is 2.22. The molecule has 5 heteroatoms. The van der Waals surface area contributed by atoms with Crippen molar-refractivity contribution in [2.75, 3.05) is 0 Å². The van der Waals surface area contributed by atoms with Crippen LogP contribution >= 0.6 is 23.2 Å². The molecule has 2 amide bonds. The molecule has 17 heavy (non-hydrogen) atoms. The van der Waals surface area contributed by atoms with Crippen molar-refractivity contribution >= 4 is 29.2 Å². The zero-order chi connectivity index (χ0) is 13.1. The van der Waals surface area contributed by atoms with Crippen molar-refractivity contribution in [3.8, 4) is 0 Å². The topological polar surface area (TPSA) is 41.1 Å². The van der Waals surface area contributed by atoms with Gasteiger partial charge in [0.15, 0.2) is 0 Å². The smallest absolute Gasteiger partial charge is 0.315 e. The number of rotatable bonds is 2. The second-order valence-corrected chi connectivity index (χ2v) is 5.62. The van der Waals surface area contributed by atoms with E-state index in [1.807, 2.05) is 26.8 Å². The predicted octanol–water partition coefficient (Wildman–Crippen LogP) is 3.59. The summed E-state index contributed by atoms with van der Waals surface area (Å²) >= 11 is 11.7. The predicted molar refractivity (Wildman–Crippen MR) is 71.6 cm³/mol. The number of hydrogen-bond donors (Lipinski definition) is 2. The van der Waals surface area contributed by atoms with E-state index < -0.39 is 0 Å². The third-order valence-electron chi connectivity index (χ3n) is 1.93. The van der Waals surface area contributed by atoms with Crippen LogP contribution in [0.1, 0.15) is 26.3 Å². The number of amides is 2. The maximum absolute atomic E-state index is 11.5. The summed E-state index contributed by atoms with van der Waals surface area (Å²) in [5, 5.41) is 6.55. The summed E-state index contributed by atoms with van der Waals surface area (Å²) in [4.78, 5) is 11.5. The van der Waals surface area contributed by atoms with Gasteiger partial charge in [-0.05, 0) is 38.5 Å². The van der Waals surface area contributed by atoms with E-state index in [1.165, 1.54) is 0 Å². The van der Waals surface area contributed by atoms with Crippen molar-refractivity contribution in [1.29, 1.82) is 0 Å². The molecule has 2 N–H and O–H groups in total. The maximum atomic E-state index is 11.5. The van der Waals surface area contributed by atoms with Crippen LogP contribution in [0.2, 0.25) is 10.0 Å². The number of carbonyl (C=O) groups excluding carboxylic acids is 1. The first-order valence-corrected chi connectivity index (χ1v) is 6.03. The van der Waals surface area contributed by atoms with Gasteiger partial charge in [-0.15, -0.1) is 0 Å². The third kappa shape index (κ3) is 5.29. The lowest BCUT2D eigenvalue weighted by atomic mass is 10.1. The van der Waals surface area contributed by atoms with Crippen molar-refractivity contribution in [3.05, 3.63) is 33.8 Å². The zero-order valence-corrected chi connectivity index (χ0v) is 11.6. The van der Waals surface area contributed by atoms with E-state index in [4.69, 9.17) is 23.2 Å². The quantitative estimate of drug-likeness (QED) is 0.850. The van der Waals surface area contributed by atoms with Gasteiger partial charge in [-0.2, -0.15) is 0 Å². The summed E-state index contributed by atoms with van der Waals surface area (Å²) in [6.07, 6.45) is 0. The third-order valence-corrected chi connectivity index (χ3v) is 2.66. The van der Waals surface area contributed by atoms with Gasteiger partial charge < -0.3 is 10.6 Å². The summed E-state index contributed by atoms with van der Waals surface area (Å²) in [5.41, 5.74) is 0.658. The molecule has 0 aliphatic rings. The lowest BCUT2D eigenvalue weighted by Crippen LogP contribution is -2.46. The Hall–Kier alpha value is -0.930. The molecule has 0 spiro atoms. The summed E-state index contributed by atoms with van der Waals surface area (Å²) in [5.74, 6) is 0. The Kier molecular flexibility index (Phi) is 4.66. The first kappa shape index (κ1) is 14.1. The minimum atomic E-state index is -0.248. The van der Waals surface area contributed by atoms with Gasteiger partial charge in [0, 0.05) is 12.1 Å². The monoisotopic (exact) mass is 274 g/mol. The second-order valence-electron chi connectivity index (χ2n) is 4.81. The number of halogens is 2. The summed E-state index contributed by atoms with van der Waals surface area (Å²) in [6.45, 7) is 6.18. The Morgan fingerprint density at radius 3 is 2.41 bits per heavy atom. The highest BCUT2D eigenvalue weighted by molar-refractivity contribution is 6.42. The van der Waals surface area contributed by atoms with E-state index in [0.717, 1.165) is 5.56 Å². The van der Waals surface area contributed by atoms with E-state index in [1.54, 1.807) is 12.1 Å². The van der Waals surface area contributed by atoms with Gasteiger partial charge in [-0.1, -0.05) is 29.3 Å². The van der Waals surface area contributed by atoms with Gasteiger partial charge in [-0.25, -0.2) is 4.79 Å². The normalized spacial score (nSPS) is 11.1. The van der Waals surface area contributed by atoms with Crippen LogP contribution < -0.4 is 10.6 Å². The number of benzene rings is 1. The lowest BCUT2D eigenvalue weighted by Gasteiger charge is -2.20. The van der Waals surface area contributed by atoms with E-state index in [0.29, 0.717) is 16.6 Å². The molecule has 0 aromatic heterocycles. The van der Waals surface area contributed by atoms with Crippen LogP contribution in [0.25, 0.3) is 0 Å². The van der Waals surface area contributed by atoms with Crippen LogP contribution in [0.15, 0.2) is 18.2 Å². The molecule has 0 saturated heterocycles. The summed E-state index contributed by atoms with van der Waals surface area (Å²) in [6, 6.07) is 5.07. The van der Waals surface area contributed by atoms with Gasteiger partial charge in [0.05, 0.1) is 10.0 Å². The highest BCUT2D eigenvalue weighted by Gasteiger charge is 2.12. The molecule has 1 aromatic rings.